The maximum atomic E-state index is 13.0. The quantitative estimate of drug-likeness (QED) is 0.752. The molecular weight excluding hydrogens is 426 g/mol. The highest BCUT2D eigenvalue weighted by Crippen LogP contribution is 2.39. The molecule has 0 spiro atoms. The van der Waals surface area contributed by atoms with E-state index in [-0.39, 0.29) is 12.5 Å². The smallest absolute Gasteiger partial charge is 0.410 e. The summed E-state index contributed by atoms with van der Waals surface area (Å²) in [6.07, 6.45) is -0.405. The fourth-order valence-electron chi connectivity index (χ4n) is 4.37. The first-order valence-corrected chi connectivity index (χ1v) is 11.7. The van der Waals surface area contributed by atoms with Crippen LogP contribution in [0.2, 0.25) is 0 Å². The average Bonchev–Trinajstić information content (AvgIpc) is 3.39. The lowest BCUT2D eigenvalue weighted by Gasteiger charge is -2.29. The summed E-state index contributed by atoms with van der Waals surface area (Å²) in [6, 6.07) is 7.53. The molecule has 1 unspecified atom stereocenters. The van der Waals surface area contributed by atoms with Crippen LogP contribution < -0.4 is 0 Å². The second kappa shape index (κ2) is 8.08. The van der Waals surface area contributed by atoms with Gasteiger partial charge in [-0.1, -0.05) is 24.3 Å². The molecule has 3 atom stereocenters. The van der Waals surface area contributed by atoms with E-state index in [9.17, 15) is 14.7 Å². The van der Waals surface area contributed by atoms with Gasteiger partial charge in [-0.25, -0.2) is 14.8 Å². The number of likely N-dealkylation sites (tertiary alicyclic amines) is 1. The molecule has 32 heavy (non-hydrogen) atoms. The summed E-state index contributed by atoms with van der Waals surface area (Å²) in [6.45, 7) is 9.45. The number of β-amino-alcohol motifs (C(OH)–C–C–N with tert-alkyl or cyclic N) is 1. The molecule has 0 aliphatic carbocycles. The molecule has 4 rings (SSSR count). The summed E-state index contributed by atoms with van der Waals surface area (Å²) in [7, 11) is 0. The topological polar surface area (TPSA) is 92.1 Å². The number of aliphatic hydroxyl groups is 1. The van der Waals surface area contributed by atoms with Crippen LogP contribution in [0.15, 0.2) is 34.8 Å². The minimum Gasteiger partial charge on any atom is -0.444 e. The molecule has 1 fully saturated rings. The zero-order valence-electron chi connectivity index (χ0n) is 19.1. The summed E-state index contributed by atoms with van der Waals surface area (Å²) in [5, 5.41) is 10.2. The Labute approximate surface area is 192 Å². The van der Waals surface area contributed by atoms with Gasteiger partial charge >= 0.3 is 6.09 Å². The maximum absolute atomic E-state index is 13.0. The van der Waals surface area contributed by atoms with Crippen LogP contribution in [0.4, 0.5) is 4.79 Å². The number of aromatic nitrogens is 1. The molecule has 8 heteroatoms. The van der Waals surface area contributed by atoms with Gasteiger partial charge in [0.25, 0.3) is 5.91 Å². The Balaban J connectivity index is 1.55. The van der Waals surface area contributed by atoms with Gasteiger partial charge in [0.2, 0.25) is 0 Å². The third-order valence-corrected chi connectivity index (χ3v) is 7.05. The van der Waals surface area contributed by atoms with Gasteiger partial charge in [-0.2, -0.15) is 0 Å². The lowest BCUT2D eigenvalue weighted by Crippen LogP contribution is -2.43. The monoisotopic (exact) mass is 455 g/mol. The van der Waals surface area contributed by atoms with E-state index < -0.39 is 29.3 Å². The van der Waals surface area contributed by atoms with Crippen LogP contribution >= 0.6 is 11.3 Å². The molecule has 2 aliphatic rings. The van der Waals surface area contributed by atoms with E-state index >= 15 is 0 Å². The van der Waals surface area contributed by atoms with E-state index in [2.05, 4.69) is 9.98 Å². The minimum absolute atomic E-state index is 0.173. The average molecular weight is 456 g/mol. The van der Waals surface area contributed by atoms with Crippen molar-refractivity contribution >= 4 is 29.0 Å². The van der Waals surface area contributed by atoms with E-state index in [1.54, 1.807) is 32.1 Å². The fraction of sp³-hybridized carbons (Fsp3) is 0.500. The Kier molecular flexibility index (Phi) is 5.71. The van der Waals surface area contributed by atoms with Gasteiger partial charge < -0.3 is 9.84 Å². The van der Waals surface area contributed by atoms with Crippen molar-refractivity contribution in [3.8, 4) is 10.4 Å². The summed E-state index contributed by atoms with van der Waals surface area (Å²) in [4.78, 5) is 37.0. The molecular formula is C24H29N3O4S. The number of carbonyl (C=O) groups is 2. The van der Waals surface area contributed by atoms with Crippen LogP contribution in [0.3, 0.4) is 0 Å². The third kappa shape index (κ3) is 4.21. The Morgan fingerprint density at radius 3 is 2.56 bits per heavy atom. The Morgan fingerprint density at radius 2 is 1.97 bits per heavy atom. The van der Waals surface area contributed by atoms with Crippen molar-refractivity contribution in [3.05, 3.63) is 41.0 Å². The molecule has 0 bridgehead atoms. The minimum atomic E-state index is -0.802. The van der Waals surface area contributed by atoms with Gasteiger partial charge in [0.05, 0.1) is 40.2 Å². The van der Waals surface area contributed by atoms with Gasteiger partial charge in [-0.3, -0.25) is 9.69 Å². The normalized spacial score (nSPS) is 25.9. The van der Waals surface area contributed by atoms with Crippen molar-refractivity contribution < 1.29 is 19.4 Å². The van der Waals surface area contributed by atoms with Gasteiger partial charge in [-0.15, -0.1) is 11.3 Å². The predicted octanol–water partition coefficient (Wildman–Crippen LogP) is 4.12. The standard InChI is InChI=1S/C24H29N3O4S/c1-14-20(32-13-25-14)15-6-8-16(9-7-15)24(5)11-18(26-21(24)29)19-10-17(28)12-27(19)22(30)31-23(2,3)4/h6-9,13,17,19,28H,10-12H2,1-5H3/t17-,19?,24+/m1/s1. The summed E-state index contributed by atoms with van der Waals surface area (Å²) in [5.41, 5.74) is 3.95. The Bertz CT molecular complexity index is 1070. The molecule has 1 aromatic heterocycles. The second-order valence-electron chi connectivity index (χ2n) is 9.80. The number of rotatable bonds is 3. The number of amides is 2. The Hall–Kier alpha value is -2.58. The zero-order valence-corrected chi connectivity index (χ0v) is 19.9. The molecule has 1 aromatic carbocycles. The molecule has 3 heterocycles. The van der Waals surface area contributed by atoms with Crippen LogP contribution in [0, 0.1) is 6.92 Å². The second-order valence-corrected chi connectivity index (χ2v) is 10.7. The van der Waals surface area contributed by atoms with Gasteiger partial charge in [-0.05, 0) is 45.7 Å². The van der Waals surface area contributed by atoms with Gasteiger partial charge in [0.15, 0.2) is 0 Å². The van der Waals surface area contributed by atoms with E-state index in [1.165, 1.54) is 4.90 Å². The zero-order chi connectivity index (χ0) is 23.3. The van der Waals surface area contributed by atoms with Crippen molar-refractivity contribution in [2.24, 2.45) is 4.99 Å². The van der Waals surface area contributed by atoms with Crippen molar-refractivity contribution in [2.45, 2.75) is 70.6 Å². The van der Waals surface area contributed by atoms with Crippen molar-refractivity contribution in [2.75, 3.05) is 6.54 Å². The number of hydrogen-bond acceptors (Lipinski definition) is 6. The number of hydrogen-bond donors (Lipinski definition) is 1. The highest BCUT2D eigenvalue weighted by atomic mass is 32.1. The number of carbonyl (C=O) groups excluding carboxylic acids is 2. The van der Waals surface area contributed by atoms with Crippen LogP contribution in [-0.4, -0.2) is 57.0 Å². The number of nitrogens with zero attached hydrogens (tertiary/aromatic N) is 3. The number of thiazole rings is 1. The maximum Gasteiger partial charge on any atom is 0.410 e. The van der Waals surface area contributed by atoms with E-state index in [4.69, 9.17) is 4.74 Å². The number of aryl methyl sites for hydroxylation is 1. The molecule has 2 aromatic rings. The van der Waals surface area contributed by atoms with Crippen molar-refractivity contribution in [1.29, 1.82) is 0 Å². The highest BCUT2D eigenvalue weighted by molar-refractivity contribution is 7.13. The van der Waals surface area contributed by atoms with Crippen LogP contribution in [0.5, 0.6) is 0 Å². The van der Waals surface area contributed by atoms with Crippen LogP contribution in [0.1, 0.15) is 51.8 Å². The van der Waals surface area contributed by atoms with Crippen molar-refractivity contribution in [3.63, 3.8) is 0 Å². The van der Waals surface area contributed by atoms with Crippen LogP contribution in [0.25, 0.3) is 10.4 Å². The lowest BCUT2D eigenvalue weighted by atomic mass is 9.78. The summed E-state index contributed by atoms with van der Waals surface area (Å²) >= 11 is 1.59. The first kappa shape index (κ1) is 22.6. The van der Waals surface area contributed by atoms with Crippen LogP contribution in [-0.2, 0) is 14.9 Å². The SMILES string of the molecule is Cc1ncsc1-c1ccc([C@]2(C)CC(C3C[C@@H](O)CN3C(=O)OC(C)(C)C)=NC2=O)cc1. The molecule has 170 valence electrons. The Morgan fingerprint density at radius 1 is 1.28 bits per heavy atom. The number of ether oxygens (including phenoxy) is 1. The molecule has 0 radical (unpaired) electrons. The first-order valence-electron chi connectivity index (χ1n) is 10.8. The third-order valence-electron chi connectivity index (χ3n) is 6.07. The first-order chi connectivity index (χ1) is 15.0. The lowest BCUT2D eigenvalue weighted by molar-refractivity contribution is -0.121. The number of benzene rings is 1. The highest BCUT2D eigenvalue weighted by Gasteiger charge is 2.48. The summed E-state index contributed by atoms with van der Waals surface area (Å²) < 4.78 is 5.51. The van der Waals surface area contributed by atoms with E-state index in [1.807, 2.05) is 43.6 Å². The number of aliphatic hydroxyl groups excluding tert-OH is 1. The summed E-state index contributed by atoms with van der Waals surface area (Å²) in [5.74, 6) is -0.222. The molecule has 2 amide bonds. The van der Waals surface area contributed by atoms with Gasteiger partial charge in [0, 0.05) is 18.6 Å². The van der Waals surface area contributed by atoms with Crippen molar-refractivity contribution in [1.82, 2.24) is 9.88 Å². The number of aliphatic imine (C=N–C) groups is 1. The van der Waals surface area contributed by atoms with E-state index in [0.717, 1.165) is 21.7 Å². The molecule has 1 N–H and O–H groups in total. The fourth-order valence-corrected chi connectivity index (χ4v) is 5.18. The molecule has 1 saturated heterocycles. The van der Waals surface area contributed by atoms with E-state index in [0.29, 0.717) is 18.6 Å². The molecule has 7 nitrogen and oxygen atoms in total. The molecule has 2 aliphatic heterocycles. The molecule has 0 saturated carbocycles. The predicted molar refractivity (Wildman–Crippen MR) is 124 cm³/mol. The largest absolute Gasteiger partial charge is 0.444 e. The van der Waals surface area contributed by atoms with Gasteiger partial charge in [0.1, 0.15) is 5.60 Å².